The minimum atomic E-state index is -0.784. The fourth-order valence-corrected chi connectivity index (χ4v) is 2.88. The van der Waals surface area contributed by atoms with E-state index in [0.29, 0.717) is 12.1 Å². The number of rotatable bonds is 7. The molecule has 10 heteroatoms. The van der Waals surface area contributed by atoms with Crippen LogP contribution in [0.15, 0.2) is 12.3 Å². The van der Waals surface area contributed by atoms with E-state index in [-0.39, 0.29) is 24.8 Å². The fourth-order valence-electron chi connectivity index (χ4n) is 2.88. The van der Waals surface area contributed by atoms with Crippen LogP contribution in [0.25, 0.3) is 0 Å². The zero-order valence-corrected chi connectivity index (χ0v) is 15.1. The first kappa shape index (κ1) is 19.9. The van der Waals surface area contributed by atoms with Gasteiger partial charge in [0.15, 0.2) is 0 Å². The van der Waals surface area contributed by atoms with Gasteiger partial charge in [-0.3, -0.25) is 24.2 Å². The number of hydrogen-bond acceptors (Lipinski definition) is 7. The van der Waals surface area contributed by atoms with Crippen molar-refractivity contribution < 1.29 is 24.0 Å². The number of carbonyl (C=O) groups is 4. The monoisotopic (exact) mass is 367 g/mol. The van der Waals surface area contributed by atoms with Crippen LogP contribution in [0.3, 0.4) is 0 Å². The van der Waals surface area contributed by atoms with E-state index in [2.05, 4.69) is 17.2 Å². The van der Waals surface area contributed by atoms with E-state index in [1.54, 1.807) is 0 Å². The normalized spacial score (nSPS) is 21.2. The minimum absolute atomic E-state index is 0.245. The van der Waals surface area contributed by atoms with Gasteiger partial charge in [0.1, 0.15) is 12.7 Å². The largest absolute Gasteiger partial charge is 0.351 e. The Morgan fingerprint density at radius 3 is 2.54 bits per heavy atom. The lowest BCUT2D eigenvalue weighted by Crippen LogP contribution is -2.51. The molecule has 0 bridgehead atoms. The van der Waals surface area contributed by atoms with Crippen LogP contribution in [-0.2, 0) is 24.0 Å². The fraction of sp³-hybridized carbons (Fsp3) is 0.625. The second kappa shape index (κ2) is 8.77. The standard InChI is InChI=1S/C16H25N5O5/c1-4-20-8-7-19(3)16(20)15(25)18-9-12(22)17-10-14(24)26-21-11(2)5-6-13(21)23/h16H,2,4-10H2,1,3H3,(H,17,22)(H,18,25). The molecule has 2 saturated heterocycles. The molecule has 0 aromatic rings. The Bertz CT molecular complexity index is 592. The van der Waals surface area contributed by atoms with Crippen LogP contribution in [0.5, 0.6) is 0 Å². The third-order valence-corrected chi connectivity index (χ3v) is 4.33. The minimum Gasteiger partial charge on any atom is -0.344 e. The summed E-state index contributed by atoms with van der Waals surface area (Å²) >= 11 is 0. The Morgan fingerprint density at radius 2 is 1.92 bits per heavy atom. The molecular weight excluding hydrogens is 342 g/mol. The predicted molar refractivity (Wildman–Crippen MR) is 91.0 cm³/mol. The van der Waals surface area contributed by atoms with Crippen LogP contribution in [0.1, 0.15) is 19.8 Å². The van der Waals surface area contributed by atoms with Crippen molar-refractivity contribution in [2.24, 2.45) is 0 Å². The molecule has 3 amide bonds. The summed E-state index contributed by atoms with van der Waals surface area (Å²) in [6.45, 7) is 7.26. The summed E-state index contributed by atoms with van der Waals surface area (Å²) in [6, 6.07) is 0. The second-order valence-electron chi connectivity index (χ2n) is 6.20. The molecule has 2 fully saturated rings. The number of hydroxylamine groups is 2. The van der Waals surface area contributed by atoms with Gasteiger partial charge in [0.2, 0.25) is 5.91 Å². The molecule has 1 unspecified atom stereocenters. The van der Waals surface area contributed by atoms with Gasteiger partial charge in [0, 0.05) is 19.5 Å². The smallest absolute Gasteiger partial charge is 0.344 e. The highest BCUT2D eigenvalue weighted by atomic mass is 16.7. The van der Waals surface area contributed by atoms with Gasteiger partial charge in [0.05, 0.1) is 12.2 Å². The highest BCUT2D eigenvalue weighted by Crippen LogP contribution is 2.20. The molecule has 26 heavy (non-hydrogen) atoms. The third kappa shape index (κ3) is 4.79. The van der Waals surface area contributed by atoms with Crippen LogP contribution >= 0.6 is 0 Å². The van der Waals surface area contributed by atoms with E-state index in [1.165, 1.54) is 0 Å². The van der Waals surface area contributed by atoms with Crippen LogP contribution in [-0.4, -0.2) is 84.5 Å². The average Bonchev–Trinajstić information content (AvgIpc) is 3.14. The zero-order valence-electron chi connectivity index (χ0n) is 15.1. The summed E-state index contributed by atoms with van der Waals surface area (Å²) in [5, 5.41) is 5.76. The van der Waals surface area contributed by atoms with Gasteiger partial charge in [-0.05, 0) is 20.0 Å². The molecular formula is C16H25N5O5. The first-order valence-electron chi connectivity index (χ1n) is 8.53. The van der Waals surface area contributed by atoms with Gasteiger partial charge >= 0.3 is 5.97 Å². The van der Waals surface area contributed by atoms with Crippen molar-refractivity contribution in [2.45, 2.75) is 25.9 Å². The van der Waals surface area contributed by atoms with E-state index in [4.69, 9.17) is 4.84 Å². The van der Waals surface area contributed by atoms with Gasteiger partial charge in [0.25, 0.3) is 11.8 Å². The van der Waals surface area contributed by atoms with Crippen LogP contribution in [0.2, 0.25) is 0 Å². The molecule has 0 saturated carbocycles. The third-order valence-electron chi connectivity index (χ3n) is 4.33. The molecule has 0 spiro atoms. The van der Waals surface area contributed by atoms with Crippen molar-refractivity contribution in [3.63, 3.8) is 0 Å². The lowest BCUT2D eigenvalue weighted by Gasteiger charge is -2.25. The Balaban J connectivity index is 1.70. The molecule has 144 valence electrons. The Kier molecular flexibility index (Phi) is 6.70. The van der Waals surface area contributed by atoms with E-state index < -0.39 is 24.6 Å². The van der Waals surface area contributed by atoms with Gasteiger partial charge in [-0.25, -0.2) is 4.79 Å². The molecule has 0 radical (unpaired) electrons. The SMILES string of the molecule is C=C1CCC(=O)N1OC(=O)CNC(=O)CNC(=O)C1N(C)CCN1CC. The average molecular weight is 367 g/mol. The second-order valence-corrected chi connectivity index (χ2v) is 6.20. The number of carbonyl (C=O) groups excluding carboxylic acids is 4. The summed E-state index contributed by atoms with van der Waals surface area (Å²) in [4.78, 5) is 56.0. The van der Waals surface area contributed by atoms with E-state index in [0.717, 1.165) is 24.7 Å². The molecule has 0 aromatic carbocycles. The van der Waals surface area contributed by atoms with Gasteiger partial charge < -0.3 is 15.5 Å². The number of hydrogen-bond donors (Lipinski definition) is 2. The van der Waals surface area contributed by atoms with E-state index >= 15 is 0 Å². The summed E-state index contributed by atoms with van der Waals surface area (Å²) in [5.41, 5.74) is 0.406. The van der Waals surface area contributed by atoms with Crippen molar-refractivity contribution in [3.8, 4) is 0 Å². The lowest BCUT2D eigenvalue weighted by molar-refractivity contribution is -0.185. The van der Waals surface area contributed by atoms with Gasteiger partial charge in [-0.2, -0.15) is 0 Å². The summed E-state index contributed by atoms with van der Waals surface area (Å²) in [7, 11) is 1.85. The summed E-state index contributed by atoms with van der Waals surface area (Å²) in [6.07, 6.45) is 0.286. The summed E-state index contributed by atoms with van der Waals surface area (Å²) < 4.78 is 0. The maximum atomic E-state index is 12.3. The van der Waals surface area contributed by atoms with Crippen LogP contribution in [0.4, 0.5) is 0 Å². The molecule has 2 N–H and O–H groups in total. The van der Waals surface area contributed by atoms with Crippen molar-refractivity contribution >= 4 is 23.7 Å². The van der Waals surface area contributed by atoms with E-state index in [1.807, 2.05) is 23.8 Å². The van der Waals surface area contributed by atoms with Gasteiger partial charge in [-0.1, -0.05) is 13.5 Å². The summed E-state index contributed by atoms with van der Waals surface area (Å²) in [5.74, 6) is -1.91. The lowest BCUT2D eigenvalue weighted by atomic mass is 10.3. The Morgan fingerprint density at radius 1 is 1.19 bits per heavy atom. The number of allylic oxidation sites excluding steroid dienone is 1. The van der Waals surface area contributed by atoms with Crippen molar-refractivity contribution in [3.05, 3.63) is 12.3 Å². The molecule has 2 heterocycles. The highest BCUT2D eigenvalue weighted by molar-refractivity contribution is 5.89. The Hall–Kier alpha value is -2.46. The topological polar surface area (TPSA) is 111 Å². The van der Waals surface area contributed by atoms with Gasteiger partial charge in [-0.15, -0.1) is 5.06 Å². The van der Waals surface area contributed by atoms with Crippen LogP contribution < -0.4 is 10.6 Å². The van der Waals surface area contributed by atoms with E-state index in [9.17, 15) is 19.2 Å². The molecule has 2 aliphatic heterocycles. The number of nitrogens with zero attached hydrogens (tertiary/aromatic N) is 3. The number of nitrogens with one attached hydrogen (secondary N) is 2. The molecule has 2 rings (SSSR count). The first-order chi connectivity index (χ1) is 12.3. The molecule has 2 aliphatic rings. The maximum absolute atomic E-state index is 12.3. The van der Waals surface area contributed by atoms with Crippen molar-refractivity contribution in [2.75, 3.05) is 39.8 Å². The maximum Gasteiger partial charge on any atom is 0.351 e. The quantitative estimate of drug-likeness (QED) is 0.558. The first-order valence-corrected chi connectivity index (χ1v) is 8.53. The molecule has 1 atom stereocenters. The Labute approximate surface area is 152 Å². The van der Waals surface area contributed by atoms with Crippen molar-refractivity contribution in [1.82, 2.24) is 25.5 Å². The predicted octanol–water partition coefficient (Wildman–Crippen LogP) is -1.59. The highest BCUT2D eigenvalue weighted by Gasteiger charge is 2.34. The molecule has 0 aromatic heterocycles. The number of likely N-dealkylation sites (N-methyl/N-ethyl adjacent to an activating group) is 2. The number of amides is 3. The van der Waals surface area contributed by atoms with Crippen molar-refractivity contribution in [1.29, 1.82) is 0 Å². The van der Waals surface area contributed by atoms with Crippen LogP contribution in [0, 0.1) is 0 Å². The molecule has 0 aliphatic carbocycles. The zero-order chi connectivity index (χ0) is 19.3. The molecule has 10 nitrogen and oxygen atoms in total.